The second-order valence-electron chi connectivity index (χ2n) is 6.84. The number of aromatic nitrogens is 3. The van der Waals surface area contributed by atoms with Crippen molar-refractivity contribution < 1.29 is 14.0 Å². The SMILES string of the molecule is Cc1c(CN2CCc3onc(-c4ccc5c(c4)OCO5)c3C2)cnn1C. The molecule has 7 heteroatoms. The van der Waals surface area contributed by atoms with E-state index < -0.39 is 0 Å². The predicted molar refractivity (Wildman–Crippen MR) is 93.8 cm³/mol. The lowest BCUT2D eigenvalue weighted by Gasteiger charge is -2.25. The zero-order chi connectivity index (χ0) is 17.7. The van der Waals surface area contributed by atoms with Crippen molar-refractivity contribution in [1.82, 2.24) is 19.8 Å². The molecule has 0 aliphatic carbocycles. The lowest BCUT2D eigenvalue weighted by molar-refractivity contribution is 0.174. The van der Waals surface area contributed by atoms with Crippen LogP contribution in [0.4, 0.5) is 0 Å². The van der Waals surface area contributed by atoms with Crippen LogP contribution < -0.4 is 9.47 Å². The van der Waals surface area contributed by atoms with Crippen molar-refractivity contribution in [2.75, 3.05) is 13.3 Å². The zero-order valence-electron chi connectivity index (χ0n) is 14.9. The summed E-state index contributed by atoms with van der Waals surface area (Å²) in [5, 5.41) is 8.69. The Bertz CT molecular complexity index is 975. The van der Waals surface area contributed by atoms with E-state index in [1.165, 1.54) is 11.3 Å². The van der Waals surface area contributed by atoms with E-state index in [-0.39, 0.29) is 6.79 Å². The Balaban J connectivity index is 1.42. The van der Waals surface area contributed by atoms with Gasteiger partial charge in [0.15, 0.2) is 11.5 Å². The number of aryl methyl sites for hydroxylation is 1. The van der Waals surface area contributed by atoms with Gasteiger partial charge in [0.25, 0.3) is 0 Å². The van der Waals surface area contributed by atoms with E-state index in [0.717, 1.165) is 60.1 Å². The Morgan fingerprint density at radius 3 is 2.92 bits per heavy atom. The van der Waals surface area contributed by atoms with E-state index >= 15 is 0 Å². The summed E-state index contributed by atoms with van der Waals surface area (Å²) in [7, 11) is 1.98. The second kappa shape index (κ2) is 5.88. The van der Waals surface area contributed by atoms with Crippen LogP contribution in [-0.2, 0) is 26.6 Å². The van der Waals surface area contributed by atoms with Gasteiger partial charge >= 0.3 is 0 Å². The van der Waals surface area contributed by atoms with Crippen molar-refractivity contribution >= 4 is 0 Å². The average Bonchev–Trinajstić information content (AvgIpc) is 3.36. The molecule has 0 saturated heterocycles. The molecule has 0 radical (unpaired) electrons. The maximum Gasteiger partial charge on any atom is 0.231 e. The second-order valence-corrected chi connectivity index (χ2v) is 6.84. The van der Waals surface area contributed by atoms with Crippen molar-refractivity contribution in [3.05, 3.63) is 47.0 Å². The van der Waals surface area contributed by atoms with Crippen molar-refractivity contribution in [2.45, 2.75) is 26.4 Å². The van der Waals surface area contributed by atoms with Crippen LogP contribution >= 0.6 is 0 Å². The number of hydrogen-bond donors (Lipinski definition) is 0. The van der Waals surface area contributed by atoms with E-state index in [4.69, 9.17) is 14.0 Å². The lowest BCUT2D eigenvalue weighted by Crippen LogP contribution is -2.29. The summed E-state index contributed by atoms with van der Waals surface area (Å²) in [6, 6.07) is 5.92. The molecule has 0 spiro atoms. The van der Waals surface area contributed by atoms with Gasteiger partial charge in [0.2, 0.25) is 6.79 Å². The van der Waals surface area contributed by atoms with Gasteiger partial charge in [-0.15, -0.1) is 0 Å². The molecular formula is C19H20N4O3. The molecule has 0 bridgehead atoms. The minimum atomic E-state index is 0.272. The number of ether oxygens (including phenoxy) is 2. The quantitative estimate of drug-likeness (QED) is 0.722. The van der Waals surface area contributed by atoms with Crippen LogP contribution in [0, 0.1) is 6.92 Å². The summed E-state index contributed by atoms with van der Waals surface area (Å²) in [4.78, 5) is 2.42. The first-order chi connectivity index (χ1) is 12.7. The average molecular weight is 352 g/mol. The molecule has 0 atom stereocenters. The molecule has 2 aliphatic rings. The van der Waals surface area contributed by atoms with E-state index in [9.17, 15) is 0 Å². The summed E-state index contributed by atoms with van der Waals surface area (Å²) in [5.41, 5.74) is 5.52. The Hall–Kier alpha value is -2.80. The zero-order valence-corrected chi connectivity index (χ0v) is 14.9. The van der Waals surface area contributed by atoms with Gasteiger partial charge in [-0.25, -0.2) is 0 Å². The Kier molecular flexibility index (Phi) is 3.49. The fourth-order valence-electron chi connectivity index (χ4n) is 3.61. The van der Waals surface area contributed by atoms with Gasteiger partial charge in [0.1, 0.15) is 11.5 Å². The largest absolute Gasteiger partial charge is 0.454 e. The van der Waals surface area contributed by atoms with E-state index in [1.807, 2.05) is 36.1 Å². The van der Waals surface area contributed by atoms with Gasteiger partial charge in [-0.3, -0.25) is 9.58 Å². The van der Waals surface area contributed by atoms with Crippen molar-refractivity contribution in [3.8, 4) is 22.8 Å². The summed E-state index contributed by atoms with van der Waals surface area (Å²) >= 11 is 0. The molecule has 134 valence electrons. The molecule has 2 aromatic heterocycles. The van der Waals surface area contributed by atoms with Gasteiger partial charge in [-0.2, -0.15) is 5.10 Å². The van der Waals surface area contributed by atoms with Gasteiger partial charge in [-0.05, 0) is 25.1 Å². The van der Waals surface area contributed by atoms with E-state index in [1.54, 1.807) is 0 Å². The van der Waals surface area contributed by atoms with Gasteiger partial charge < -0.3 is 14.0 Å². The fourth-order valence-corrected chi connectivity index (χ4v) is 3.61. The van der Waals surface area contributed by atoms with Gasteiger partial charge in [0.05, 0.1) is 6.20 Å². The van der Waals surface area contributed by atoms with Crippen LogP contribution in [-0.4, -0.2) is 33.2 Å². The number of rotatable bonds is 3. The van der Waals surface area contributed by atoms with Gasteiger partial charge in [-0.1, -0.05) is 5.16 Å². The maximum absolute atomic E-state index is 5.62. The molecule has 3 aromatic rings. The van der Waals surface area contributed by atoms with Crippen LogP contribution in [0.15, 0.2) is 28.9 Å². The van der Waals surface area contributed by atoms with Crippen LogP contribution in [0.1, 0.15) is 22.6 Å². The molecule has 2 aliphatic heterocycles. The summed E-state index contributed by atoms with van der Waals surface area (Å²) in [6.45, 7) is 5.03. The lowest BCUT2D eigenvalue weighted by atomic mass is 10.0. The third kappa shape index (κ3) is 2.47. The molecule has 4 heterocycles. The minimum Gasteiger partial charge on any atom is -0.454 e. The molecule has 0 amide bonds. The van der Waals surface area contributed by atoms with Crippen molar-refractivity contribution in [1.29, 1.82) is 0 Å². The highest BCUT2D eigenvalue weighted by molar-refractivity contribution is 5.67. The first-order valence-electron chi connectivity index (χ1n) is 8.76. The maximum atomic E-state index is 5.62. The number of hydrogen-bond acceptors (Lipinski definition) is 6. The van der Waals surface area contributed by atoms with Gasteiger partial charge in [0, 0.05) is 55.5 Å². The normalized spacial score (nSPS) is 16.1. The molecule has 0 unspecified atom stereocenters. The standard InChI is InChI=1S/C19H20N4O3/c1-12-14(8-20-22(12)2)9-23-6-5-16-15(10-23)19(21-26-16)13-3-4-17-18(7-13)25-11-24-17/h3-4,7-8H,5-6,9-11H2,1-2H3. The molecule has 0 fully saturated rings. The number of benzene rings is 1. The monoisotopic (exact) mass is 352 g/mol. The molecule has 5 rings (SSSR count). The summed E-state index contributed by atoms with van der Waals surface area (Å²) < 4.78 is 18.4. The highest BCUT2D eigenvalue weighted by Gasteiger charge is 2.26. The van der Waals surface area contributed by atoms with Crippen LogP contribution in [0.2, 0.25) is 0 Å². The summed E-state index contributed by atoms with van der Waals surface area (Å²) in [5.74, 6) is 2.52. The van der Waals surface area contributed by atoms with E-state index in [0.29, 0.717) is 0 Å². The molecule has 1 aromatic carbocycles. The highest BCUT2D eigenvalue weighted by atomic mass is 16.7. The van der Waals surface area contributed by atoms with Crippen molar-refractivity contribution in [2.24, 2.45) is 7.05 Å². The molecular weight excluding hydrogens is 332 g/mol. The fraction of sp³-hybridized carbons (Fsp3) is 0.368. The first kappa shape index (κ1) is 15.5. The van der Waals surface area contributed by atoms with Crippen LogP contribution in [0.25, 0.3) is 11.3 Å². The third-order valence-corrected chi connectivity index (χ3v) is 5.28. The Morgan fingerprint density at radius 1 is 1.19 bits per heavy atom. The number of fused-ring (bicyclic) bond motifs is 2. The van der Waals surface area contributed by atoms with Crippen LogP contribution in [0.3, 0.4) is 0 Å². The topological polar surface area (TPSA) is 65.6 Å². The number of nitrogens with zero attached hydrogens (tertiary/aromatic N) is 4. The minimum absolute atomic E-state index is 0.272. The highest BCUT2D eigenvalue weighted by Crippen LogP contribution is 2.38. The Labute approximate surface area is 151 Å². The summed E-state index contributed by atoms with van der Waals surface area (Å²) in [6.07, 6.45) is 2.82. The van der Waals surface area contributed by atoms with E-state index in [2.05, 4.69) is 22.1 Å². The third-order valence-electron chi connectivity index (χ3n) is 5.28. The molecule has 0 N–H and O–H groups in total. The predicted octanol–water partition coefficient (Wildman–Crippen LogP) is 2.67. The molecule has 0 saturated carbocycles. The molecule has 26 heavy (non-hydrogen) atoms. The van der Waals surface area contributed by atoms with Crippen molar-refractivity contribution in [3.63, 3.8) is 0 Å². The van der Waals surface area contributed by atoms with Crippen LogP contribution in [0.5, 0.6) is 11.5 Å². The smallest absolute Gasteiger partial charge is 0.231 e. The molecule has 7 nitrogen and oxygen atoms in total. The Morgan fingerprint density at radius 2 is 2.08 bits per heavy atom. The first-order valence-corrected chi connectivity index (χ1v) is 8.76.